The third-order valence-electron chi connectivity index (χ3n) is 4.40. The zero-order valence-corrected chi connectivity index (χ0v) is 16.1. The van der Waals surface area contributed by atoms with Crippen molar-refractivity contribution in [1.82, 2.24) is 5.43 Å². The van der Waals surface area contributed by atoms with E-state index in [1.165, 1.54) is 7.11 Å². The summed E-state index contributed by atoms with van der Waals surface area (Å²) in [7, 11) is 1.53. The third-order valence-corrected chi connectivity index (χ3v) is 4.40. The van der Waals surface area contributed by atoms with E-state index >= 15 is 0 Å². The predicted octanol–water partition coefficient (Wildman–Crippen LogP) is 4.79. The van der Waals surface area contributed by atoms with Gasteiger partial charge in [0.05, 0.1) is 25.5 Å². The number of hydrazone groups is 1. The molecule has 0 aliphatic rings. The molecule has 1 N–H and O–H groups in total. The average Bonchev–Trinajstić information content (AvgIpc) is 2.74. The van der Waals surface area contributed by atoms with Gasteiger partial charge < -0.3 is 9.47 Å². The van der Waals surface area contributed by atoms with Gasteiger partial charge in [-0.1, -0.05) is 55.8 Å². The minimum absolute atomic E-state index is 0.331. The molecule has 144 valence electrons. The number of nitrogens with one attached hydrogen (secondary N) is 1. The number of unbranched alkanes of at least 4 members (excludes halogenated alkanes) is 1. The van der Waals surface area contributed by atoms with Crippen LogP contribution in [-0.2, 0) is 0 Å². The average molecular weight is 376 g/mol. The number of carbonyl (C=O) groups excluding carboxylic acids is 1. The van der Waals surface area contributed by atoms with Gasteiger partial charge in [0.1, 0.15) is 11.5 Å². The van der Waals surface area contributed by atoms with Crippen LogP contribution in [0.2, 0.25) is 0 Å². The number of rotatable bonds is 8. The van der Waals surface area contributed by atoms with Crippen LogP contribution >= 0.6 is 0 Å². The standard InChI is InChI=1S/C23H24N2O3/c1-3-4-15-28-22-14-13-17-9-5-6-10-18(17)20(22)16-24-25-23(26)19-11-7-8-12-21(19)27-2/h5-14,16H,3-4,15H2,1-2H3,(H,25,26)/b24-16-. The number of para-hydroxylation sites is 1. The maximum Gasteiger partial charge on any atom is 0.275 e. The normalized spacial score (nSPS) is 10.9. The summed E-state index contributed by atoms with van der Waals surface area (Å²) in [5.74, 6) is 0.925. The first-order valence-corrected chi connectivity index (χ1v) is 9.35. The Kier molecular flexibility index (Phi) is 6.63. The Labute approximate surface area is 165 Å². The summed E-state index contributed by atoms with van der Waals surface area (Å²) in [4.78, 5) is 12.4. The van der Waals surface area contributed by atoms with Crippen LogP contribution in [0.1, 0.15) is 35.7 Å². The summed E-state index contributed by atoms with van der Waals surface area (Å²) in [6.07, 6.45) is 3.68. The number of fused-ring (bicyclic) bond motifs is 1. The van der Waals surface area contributed by atoms with E-state index in [1.54, 1.807) is 24.4 Å². The number of hydrogen-bond acceptors (Lipinski definition) is 4. The molecule has 0 radical (unpaired) electrons. The molecule has 0 aromatic heterocycles. The number of ether oxygens (including phenoxy) is 2. The molecule has 0 spiro atoms. The highest BCUT2D eigenvalue weighted by molar-refractivity contribution is 6.03. The minimum atomic E-state index is -0.331. The number of methoxy groups -OCH3 is 1. The molecule has 3 aromatic rings. The molecule has 28 heavy (non-hydrogen) atoms. The summed E-state index contributed by atoms with van der Waals surface area (Å²) < 4.78 is 11.2. The fourth-order valence-corrected chi connectivity index (χ4v) is 2.91. The van der Waals surface area contributed by atoms with Crippen LogP contribution in [0, 0.1) is 0 Å². The van der Waals surface area contributed by atoms with Gasteiger partial charge >= 0.3 is 0 Å². The maximum absolute atomic E-state index is 12.4. The number of amides is 1. The van der Waals surface area contributed by atoms with Gasteiger partial charge in [0.15, 0.2) is 0 Å². The fourth-order valence-electron chi connectivity index (χ4n) is 2.91. The molecule has 0 saturated heterocycles. The Hall–Kier alpha value is -3.34. The van der Waals surface area contributed by atoms with Gasteiger partial charge in [-0.3, -0.25) is 4.79 Å². The molecular weight excluding hydrogens is 352 g/mol. The molecule has 0 atom stereocenters. The van der Waals surface area contributed by atoms with E-state index in [1.807, 2.05) is 42.5 Å². The number of benzene rings is 3. The molecule has 0 unspecified atom stereocenters. The van der Waals surface area contributed by atoms with Crippen LogP contribution in [0.5, 0.6) is 11.5 Å². The second kappa shape index (κ2) is 9.55. The quantitative estimate of drug-likeness (QED) is 0.349. The summed E-state index contributed by atoms with van der Waals surface area (Å²) in [6, 6.07) is 19.0. The summed E-state index contributed by atoms with van der Waals surface area (Å²) in [5.41, 5.74) is 3.85. The highest BCUT2D eigenvalue weighted by atomic mass is 16.5. The van der Waals surface area contributed by atoms with E-state index in [4.69, 9.17) is 9.47 Å². The van der Waals surface area contributed by atoms with Crippen molar-refractivity contribution in [2.45, 2.75) is 19.8 Å². The van der Waals surface area contributed by atoms with E-state index in [9.17, 15) is 4.79 Å². The molecule has 5 nitrogen and oxygen atoms in total. The Morgan fingerprint density at radius 2 is 1.82 bits per heavy atom. The molecule has 0 saturated carbocycles. The topological polar surface area (TPSA) is 59.9 Å². The Morgan fingerprint density at radius 1 is 1.04 bits per heavy atom. The number of nitrogens with zero attached hydrogens (tertiary/aromatic N) is 1. The molecule has 5 heteroatoms. The van der Waals surface area contributed by atoms with Gasteiger partial charge in [-0.05, 0) is 35.4 Å². The largest absolute Gasteiger partial charge is 0.496 e. The lowest BCUT2D eigenvalue weighted by Gasteiger charge is -2.11. The van der Waals surface area contributed by atoms with E-state index in [2.05, 4.69) is 17.5 Å². The van der Waals surface area contributed by atoms with Crippen molar-refractivity contribution in [3.05, 3.63) is 71.8 Å². The Bertz CT molecular complexity index is 982. The molecule has 0 heterocycles. The van der Waals surface area contributed by atoms with E-state index in [0.717, 1.165) is 34.9 Å². The third kappa shape index (κ3) is 4.49. The van der Waals surface area contributed by atoms with Crippen LogP contribution < -0.4 is 14.9 Å². The first kappa shape index (κ1) is 19.4. The monoisotopic (exact) mass is 376 g/mol. The summed E-state index contributed by atoms with van der Waals surface area (Å²) >= 11 is 0. The highest BCUT2D eigenvalue weighted by Crippen LogP contribution is 2.27. The molecule has 0 fully saturated rings. The lowest BCUT2D eigenvalue weighted by molar-refractivity contribution is 0.0952. The Balaban J connectivity index is 1.85. The lowest BCUT2D eigenvalue weighted by atomic mass is 10.0. The van der Waals surface area contributed by atoms with E-state index in [-0.39, 0.29) is 5.91 Å². The van der Waals surface area contributed by atoms with Crippen LogP contribution in [0.3, 0.4) is 0 Å². The predicted molar refractivity (Wildman–Crippen MR) is 112 cm³/mol. The lowest BCUT2D eigenvalue weighted by Crippen LogP contribution is -2.18. The summed E-state index contributed by atoms with van der Waals surface area (Å²) in [6.45, 7) is 2.77. The molecule has 3 aromatic carbocycles. The molecule has 0 aliphatic carbocycles. The van der Waals surface area contributed by atoms with Crippen molar-refractivity contribution < 1.29 is 14.3 Å². The zero-order chi connectivity index (χ0) is 19.8. The second-order valence-corrected chi connectivity index (χ2v) is 6.30. The fraction of sp³-hybridized carbons (Fsp3) is 0.217. The number of carbonyl (C=O) groups is 1. The minimum Gasteiger partial charge on any atom is -0.496 e. The molecule has 0 aliphatic heterocycles. The van der Waals surface area contributed by atoms with Crippen LogP contribution in [0.25, 0.3) is 10.8 Å². The van der Waals surface area contributed by atoms with Gasteiger partial charge in [-0.2, -0.15) is 5.10 Å². The highest BCUT2D eigenvalue weighted by Gasteiger charge is 2.11. The Morgan fingerprint density at radius 3 is 2.64 bits per heavy atom. The van der Waals surface area contributed by atoms with Crippen molar-refractivity contribution in [2.24, 2.45) is 5.10 Å². The molecule has 3 rings (SSSR count). The number of hydrogen-bond donors (Lipinski definition) is 1. The van der Waals surface area contributed by atoms with Gasteiger partial charge in [-0.15, -0.1) is 0 Å². The van der Waals surface area contributed by atoms with Crippen LogP contribution in [0.4, 0.5) is 0 Å². The molecular formula is C23H24N2O3. The van der Waals surface area contributed by atoms with Crippen molar-refractivity contribution >= 4 is 22.9 Å². The summed E-state index contributed by atoms with van der Waals surface area (Å²) in [5, 5.41) is 6.28. The van der Waals surface area contributed by atoms with Crippen molar-refractivity contribution in [3.63, 3.8) is 0 Å². The first-order valence-electron chi connectivity index (χ1n) is 9.35. The first-order chi connectivity index (χ1) is 13.7. The van der Waals surface area contributed by atoms with Crippen molar-refractivity contribution in [2.75, 3.05) is 13.7 Å². The zero-order valence-electron chi connectivity index (χ0n) is 16.1. The van der Waals surface area contributed by atoms with Crippen molar-refractivity contribution in [3.8, 4) is 11.5 Å². The SMILES string of the molecule is CCCCOc1ccc2ccccc2c1/C=N\NC(=O)c1ccccc1OC. The molecule has 1 amide bonds. The van der Waals surface area contributed by atoms with Crippen LogP contribution in [0.15, 0.2) is 65.8 Å². The van der Waals surface area contributed by atoms with E-state index in [0.29, 0.717) is 17.9 Å². The second-order valence-electron chi connectivity index (χ2n) is 6.30. The van der Waals surface area contributed by atoms with E-state index < -0.39 is 0 Å². The maximum atomic E-state index is 12.4. The van der Waals surface area contributed by atoms with Gasteiger partial charge in [0, 0.05) is 5.56 Å². The van der Waals surface area contributed by atoms with Gasteiger partial charge in [-0.25, -0.2) is 5.43 Å². The van der Waals surface area contributed by atoms with Gasteiger partial charge in [0.2, 0.25) is 0 Å². The smallest absolute Gasteiger partial charge is 0.275 e. The van der Waals surface area contributed by atoms with Gasteiger partial charge in [0.25, 0.3) is 5.91 Å². The molecule has 0 bridgehead atoms. The van der Waals surface area contributed by atoms with Crippen molar-refractivity contribution in [1.29, 1.82) is 0 Å². The van der Waals surface area contributed by atoms with Crippen LogP contribution in [-0.4, -0.2) is 25.8 Å².